The Morgan fingerprint density at radius 3 is 2.35 bits per heavy atom. The van der Waals surface area contributed by atoms with Crippen molar-refractivity contribution in [1.82, 2.24) is 14.5 Å². The number of carbonyl (C=O) groups is 1. The molecule has 0 aliphatic carbocycles. The lowest BCUT2D eigenvalue weighted by Gasteiger charge is -2.20. The van der Waals surface area contributed by atoms with Gasteiger partial charge in [-0.2, -0.15) is 4.31 Å². The number of ether oxygens (including phenoxy) is 1. The van der Waals surface area contributed by atoms with Gasteiger partial charge in [-0.25, -0.2) is 8.42 Å². The molecule has 0 spiro atoms. The minimum atomic E-state index is -3.66. The number of methoxy groups -OCH3 is 1. The molecule has 0 saturated heterocycles. The number of rotatable bonds is 9. The van der Waals surface area contributed by atoms with Gasteiger partial charge in [0, 0.05) is 35.1 Å². The van der Waals surface area contributed by atoms with E-state index in [1.54, 1.807) is 37.3 Å². The van der Waals surface area contributed by atoms with E-state index in [2.05, 4.69) is 15.5 Å². The molecule has 0 aliphatic rings. The van der Waals surface area contributed by atoms with Crippen LogP contribution in [0, 0.1) is 6.92 Å². The molecule has 3 aromatic carbocycles. The summed E-state index contributed by atoms with van der Waals surface area (Å²) in [4.78, 5) is 12.1. The average Bonchev–Trinajstić information content (AvgIpc) is 2.89. The highest BCUT2D eigenvalue weighted by molar-refractivity contribution is 7.89. The molecule has 4 aromatic rings. The fraction of sp³-hybridized carbons (Fsp3) is 0.222. The van der Waals surface area contributed by atoms with Crippen molar-refractivity contribution in [2.75, 3.05) is 25.5 Å². The summed E-state index contributed by atoms with van der Waals surface area (Å²) in [6.45, 7) is 6.19. The lowest BCUT2D eigenvalue weighted by molar-refractivity contribution is 0.0997. The first-order valence-corrected chi connectivity index (χ1v) is 13.3. The third kappa shape index (κ3) is 4.98. The van der Waals surface area contributed by atoms with E-state index in [1.165, 1.54) is 11.4 Å². The maximum absolute atomic E-state index is 13.3. The zero-order chi connectivity index (χ0) is 26.7. The standard InChI is InChI=1S/C27H29N5O4S/c1-5-32(6-2)37(34,35)24-15-18(12-11-17(24)3)25-20-9-7-8-10-21(20)27(31-30-25)29-19-13-14-23(36-4)22(16-19)26(28)33/h7-16H,5-6H2,1-4H3,(H2,28,33)(H,29,31). The summed E-state index contributed by atoms with van der Waals surface area (Å²) in [5.74, 6) is 0.240. The van der Waals surface area contributed by atoms with Crippen molar-refractivity contribution >= 4 is 38.2 Å². The van der Waals surface area contributed by atoms with E-state index in [0.29, 0.717) is 47.2 Å². The van der Waals surface area contributed by atoms with Crippen LogP contribution in [0.2, 0.25) is 0 Å². The van der Waals surface area contributed by atoms with Crippen molar-refractivity contribution < 1.29 is 17.9 Å². The van der Waals surface area contributed by atoms with Gasteiger partial charge in [-0.3, -0.25) is 4.79 Å². The molecule has 4 rings (SSSR count). The summed E-state index contributed by atoms with van der Waals surface area (Å²) in [5.41, 5.74) is 8.19. The molecular formula is C27H29N5O4S. The summed E-state index contributed by atoms with van der Waals surface area (Å²) < 4.78 is 33.2. The lowest BCUT2D eigenvalue weighted by Crippen LogP contribution is -2.31. The zero-order valence-electron chi connectivity index (χ0n) is 21.1. The van der Waals surface area contributed by atoms with E-state index < -0.39 is 15.9 Å². The molecular weight excluding hydrogens is 490 g/mol. The number of benzene rings is 3. The fourth-order valence-corrected chi connectivity index (χ4v) is 5.96. The number of aromatic nitrogens is 2. The lowest BCUT2D eigenvalue weighted by atomic mass is 10.0. The summed E-state index contributed by atoms with van der Waals surface area (Å²) >= 11 is 0. The van der Waals surface area contributed by atoms with Crippen molar-refractivity contribution in [2.45, 2.75) is 25.7 Å². The Morgan fingerprint density at radius 2 is 1.70 bits per heavy atom. The molecule has 0 atom stereocenters. The molecule has 37 heavy (non-hydrogen) atoms. The number of nitrogens with two attached hydrogens (primary N) is 1. The number of sulfonamides is 1. The van der Waals surface area contributed by atoms with Crippen LogP contribution in [0.25, 0.3) is 22.0 Å². The molecule has 0 fully saturated rings. The van der Waals surface area contributed by atoms with Crippen molar-refractivity contribution in [3.8, 4) is 17.0 Å². The van der Waals surface area contributed by atoms with Gasteiger partial charge >= 0.3 is 0 Å². The van der Waals surface area contributed by atoms with Gasteiger partial charge in [-0.1, -0.05) is 50.2 Å². The Hall–Kier alpha value is -4.02. The fourth-order valence-electron chi connectivity index (χ4n) is 4.25. The highest BCUT2D eigenvalue weighted by atomic mass is 32.2. The molecule has 1 heterocycles. The second kappa shape index (κ2) is 10.5. The van der Waals surface area contributed by atoms with Gasteiger partial charge in [0.2, 0.25) is 10.0 Å². The Morgan fingerprint density at radius 1 is 1.00 bits per heavy atom. The molecule has 1 amide bonds. The first-order chi connectivity index (χ1) is 17.7. The highest BCUT2D eigenvalue weighted by Gasteiger charge is 2.24. The van der Waals surface area contributed by atoms with Crippen LogP contribution < -0.4 is 15.8 Å². The van der Waals surface area contributed by atoms with E-state index in [0.717, 1.165) is 10.8 Å². The first kappa shape index (κ1) is 26.1. The third-order valence-corrected chi connectivity index (χ3v) is 8.39. The van der Waals surface area contributed by atoms with Gasteiger partial charge in [-0.15, -0.1) is 10.2 Å². The van der Waals surface area contributed by atoms with Crippen molar-refractivity contribution in [2.24, 2.45) is 5.73 Å². The van der Waals surface area contributed by atoms with Crippen LogP contribution in [0.5, 0.6) is 5.75 Å². The van der Waals surface area contributed by atoms with Crippen molar-refractivity contribution in [1.29, 1.82) is 0 Å². The van der Waals surface area contributed by atoms with Gasteiger partial charge in [0.05, 0.1) is 17.6 Å². The summed E-state index contributed by atoms with van der Waals surface area (Å²) in [5, 5.41) is 13.6. The number of carbonyl (C=O) groups excluding carboxylic acids is 1. The second-order valence-corrected chi connectivity index (χ2v) is 10.3. The molecule has 0 saturated carbocycles. The van der Waals surface area contributed by atoms with Gasteiger partial charge in [0.25, 0.3) is 5.91 Å². The maximum Gasteiger partial charge on any atom is 0.252 e. The van der Waals surface area contributed by atoms with E-state index in [9.17, 15) is 13.2 Å². The molecule has 0 bridgehead atoms. The summed E-state index contributed by atoms with van der Waals surface area (Å²) in [7, 11) is -2.19. The number of primary amides is 1. The molecule has 0 aliphatic heterocycles. The molecule has 3 N–H and O–H groups in total. The van der Waals surface area contributed by atoms with Gasteiger partial charge in [-0.05, 0) is 36.8 Å². The molecule has 0 radical (unpaired) electrons. The normalized spacial score (nSPS) is 11.6. The van der Waals surface area contributed by atoms with E-state index in [-0.39, 0.29) is 10.5 Å². The molecule has 1 aromatic heterocycles. The second-order valence-electron chi connectivity index (χ2n) is 8.42. The Balaban J connectivity index is 1.81. The average molecular weight is 520 g/mol. The number of anilines is 2. The van der Waals surface area contributed by atoms with E-state index in [1.807, 2.05) is 44.2 Å². The van der Waals surface area contributed by atoms with Crippen LogP contribution in [0.3, 0.4) is 0 Å². The summed E-state index contributed by atoms with van der Waals surface area (Å²) in [6.07, 6.45) is 0. The minimum absolute atomic E-state index is 0.239. The van der Waals surface area contributed by atoms with Crippen LogP contribution in [0.15, 0.2) is 65.6 Å². The zero-order valence-corrected chi connectivity index (χ0v) is 22.0. The first-order valence-electron chi connectivity index (χ1n) is 11.8. The number of nitrogens with one attached hydrogen (secondary N) is 1. The number of amides is 1. The topological polar surface area (TPSA) is 128 Å². The maximum atomic E-state index is 13.3. The van der Waals surface area contributed by atoms with Crippen LogP contribution in [0.1, 0.15) is 29.8 Å². The number of nitrogens with zero attached hydrogens (tertiary/aromatic N) is 3. The van der Waals surface area contributed by atoms with Crippen LogP contribution in [0.4, 0.5) is 11.5 Å². The smallest absolute Gasteiger partial charge is 0.252 e. The van der Waals surface area contributed by atoms with Gasteiger partial charge < -0.3 is 15.8 Å². The number of fused-ring (bicyclic) bond motifs is 1. The Labute approximate surface area is 216 Å². The largest absolute Gasteiger partial charge is 0.496 e. The minimum Gasteiger partial charge on any atom is -0.496 e. The van der Waals surface area contributed by atoms with Crippen LogP contribution in [-0.2, 0) is 10.0 Å². The number of aryl methyl sites for hydroxylation is 1. The number of hydrogen-bond donors (Lipinski definition) is 2. The molecule has 9 nitrogen and oxygen atoms in total. The van der Waals surface area contributed by atoms with E-state index in [4.69, 9.17) is 10.5 Å². The highest BCUT2D eigenvalue weighted by Crippen LogP contribution is 2.34. The molecule has 0 unspecified atom stereocenters. The molecule has 192 valence electrons. The van der Waals surface area contributed by atoms with Crippen molar-refractivity contribution in [3.05, 3.63) is 71.8 Å². The summed E-state index contributed by atoms with van der Waals surface area (Å²) in [6, 6.07) is 17.9. The number of hydrogen-bond acceptors (Lipinski definition) is 7. The Bertz CT molecular complexity index is 1580. The predicted octanol–water partition coefficient (Wildman–Crippen LogP) is 4.49. The van der Waals surface area contributed by atoms with Crippen LogP contribution in [-0.4, -0.2) is 49.0 Å². The van der Waals surface area contributed by atoms with E-state index >= 15 is 0 Å². The monoisotopic (exact) mass is 519 g/mol. The predicted molar refractivity (Wildman–Crippen MR) is 145 cm³/mol. The van der Waals surface area contributed by atoms with Gasteiger partial charge in [0.1, 0.15) is 11.4 Å². The van der Waals surface area contributed by atoms with Crippen molar-refractivity contribution in [3.63, 3.8) is 0 Å². The SMILES string of the molecule is CCN(CC)S(=O)(=O)c1cc(-c2nnc(Nc3ccc(OC)c(C(N)=O)c3)c3ccccc23)ccc1C. The third-order valence-electron chi connectivity index (χ3n) is 6.20. The Kier molecular flexibility index (Phi) is 7.42. The molecule has 10 heteroatoms. The quantitative estimate of drug-likeness (QED) is 0.334. The van der Waals surface area contributed by atoms with Gasteiger partial charge in [0.15, 0.2) is 5.82 Å². The van der Waals surface area contributed by atoms with Crippen LogP contribution >= 0.6 is 0 Å².